The minimum atomic E-state index is -0.343. The molecular weight excluding hydrogens is 385 g/mol. The third-order valence-electron chi connectivity index (χ3n) is 6.25. The summed E-state index contributed by atoms with van der Waals surface area (Å²) in [5, 5.41) is 7.89. The van der Waals surface area contributed by atoms with Crippen molar-refractivity contribution < 1.29 is 18.5 Å². The molecule has 1 atom stereocenters. The second kappa shape index (κ2) is 7.55. The molecule has 1 N–H and O–H groups in total. The largest absolute Gasteiger partial charge is 0.356 e. The molecule has 154 valence electrons. The van der Waals surface area contributed by atoms with Crippen LogP contribution in [0, 0.1) is 5.82 Å². The lowest BCUT2D eigenvalue weighted by atomic mass is 9.91. The number of carbonyl (C=O) groups excluding carboxylic acids is 2. The highest BCUT2D eigenvalue weighted by atomic mass is 19.1. The quantitative estimate of drug-likeness (QED) is 0.704. The average molecular weight is 407 g/mol. The number of halogens is 1. The van der Waals surface area contributed by atoms with Crippen LogP contribution in [0.2, 0.25) is 0 Å². The van der Waals surface area contributed by atoms with Gasteiger partial charge >= 0.3 is 0 Å². The second-order valence-electron chi connectivity index (χ2n) is 8.03. The molecule has 5 rings (SSSR count). The van der Waals surface area contributed by atoms with Crippen LogP contribution in [0.15, 0.2) is 47.0 Å². The molecule has 1 unspecified atom stereocenters. The third kappa shape index (κ3) is 3.34. The van der Waals surface area contributed by atoms with Gasteiger partial charge in [-0.05, 0) is 43.0 Å². The number of nitrogens with one attached hydrogen (secondary N) is 1. The highest BCUT2D eigenvalue weighted by Crippen LogP contribution is 2.36. The fourth-order valence-electron chi connectivity index (χ4n) is 4.62. The van der Waals surface area contributed by atoms with Crippen molar-refractivity contribution in [2.24, 2.45) is 0 Å². The molecule has 2 aliphatic heterocycles. The number of rotatable bonds is 4. The summed E-state index contributed by atoms with van der Waals surface area (Å²) < 4.78 is 18.6. The minimum Gasteiger partial charge on any atom is -0.356 e. The Kier molecular flexibility index (Phi) is 4.73. The predicted molar refractivity (Wildman–Crippen MR) is 110 cm³/mol. The molecular formula is C23H22FN3O3. The van der Waals surface area contributed by atoms with E-state index in [1.54, 1.807) is 6.07 Å². The summed E-state index contributed by atoms with van der Waals surface area (Å²) in [5.41, 5.74) is 3.12. The smallest absolute Gasteiger partial charge is 0.232 e. The second-order valence-corrected chi connectivity index (χ2v) is 8.03. The molecule has 2 aliphatic rings. The van der Waals surface area contributed by atoms with Gasteiger partial charge in [-0.2, -0.15) is 0 Å². The first-order valence-corrected chi connectivity index (χ1v) is 10.3. The van der Waals surface area contributed by atoms with Gasteiger partial charge in [-0.15, -0.1) is 0 Å². The first kappa shape index (κ1) is 18.8. The normalized spacial score (nSPS) is 19.2. The maximum Gasteiger partial charge on any atom is 0.232 e. The van der Waals surface area contributed by atoms with Crippen molar-refractivity contribution in [1.29, 1.82) is 0 Å². The van der Waals surface area contributed by atoms with Gasteiger partial charge in [-0.1, -0.05) is 23.4 Å². The van der Waals surface area contributed by atoms with Crippen LogP contribution in [0.1, 0.15) is 48.8 Å². The van der Waals surface area contributed by atoms with Crippen LogP contribution >= 0.6 is 0 Å². The summed E-state index contributed by atoms with van der Waals surface area (Å²) in [6.07, 6.45) is 2.44. The van der Waals surface area contributed by atoms with Gasteiger partial charge in [0.25, 0.3) is 0 Å². The van der Waals surface area contributed by atoms with E-state index in [9.17, 15) is 14.0 Å². The van der Waals surface area contributed by atoms with Crippen molar-refractivity contribution in [2.75, 3.05) is 18.4 Å². The summed E-state index contributed by atoms with van der Waals surface area (Å²) in [4.78, 5) is 26.9. The number of amides is 2. The van der Waals surface area contributed by atoms with Crippen LogP contribution in [-0.4, -0.2) is 35.0 Å². The number of anilines is 1. The van der Waals surface area contributed by atoms with E-state index in [2.05, 4.69) is 10.5 Å². The van der Waals surface area contributed by atoms with Gasteiger partial charge in [0.05, 0.1) is 11.6 Å². The van der Waals surface area contributed by atoms with E-state index in [-0.39, 0.29) is 29.5 Å². The van der Waals surface area contributed by atoms with Crippen molar-refractivity contribution in [3.05, 3.63) is 59.5 Å². The fraction of sp³-hybridized carbons (Fsp3) is 0.348. The van der Waals surface area contributed by atoms with Gasteiger partial charge in [0, 0.05) is 42.6 Å². The number of aromatic nitrogens is 1. The lowest BCUT2D eigenvalue weighted by Crippen LogP contribution is -2.38. The third-order valence-corrected chi connectivity index (χ3v) is 6.25. The van der Waals surface area contributed by atoms with Gasteiger partial charge in [-0.25, -0.2) is 4.39 Å². The number of hydrogen-bond acceptors (Lipinski definition) is 4. The van der Waals surface area contributed by atoms with Crippen molar-refractivity contribution in [3.8, 4) is 0 Å². The standard InChI is InChI=1S/C23H22FN3O3/c24-15-5-6-18-20(13-15)30-26-22(18)14-9-11-27(12-10-14)21(28)8-7-17-16-3-1-2-4-19(16)25-23(17)29/h1-6,13-14,17H,7-12H2,(H,25,29). The fourth-order valence-corrected chi connectivity index (χ4v) is 4.62. The van der Waals surface area contributed by atoms with Crippen LogP contribution in [0.25, 0.3) is 11.0 Å². The first-order valence-electron chi connectivity index (χ1n) is 10.3. The monoisotopic (exact) mass is 407 g/mol. The van der Waals surface area contributed by atoms with Crippen LogP contribution in [-0.2, 0) is 9.59 Å². The number of hydrogen-bond donors (Lipinski definition) is 1. The molecule has 1 fully saturated rings. The molecule has 6 nitrogen and oxygen atoms in total. The summed E-state index contributed by atoms with van der Waals surface area (Å²) in [6.45, 7) is 1.29. The van der Waals surface area contributed by atoms with E-state index in [1.807, 2.05) is 29.2 Å². The molecule has 2 amide bonds. The number of para-hydroxylation sites is 1. The molecule has 0 radical (unpaired) electrons. The topological polar surface area (TPSA) is 75.4 Å². The lowest BCUT2D eigenvalue weighted by molar-refractivity contribution is -0.132. The molecule has 0 saturated carbocycles. The maximum atomic E-state index is 13.4. The Morgan fingerprint density at radius 2 is 2.00 bits per heavy atom. The van der Waals surface area contributed by atoms with Gasteiger partial charge in [0.1, 0.15) is 5.82 Å². The molecule has 0 bridgehead atoms. The molecule has 3 heterocycles. The van der Waals surface area contributed by atoms with E-state index in [4.69, 9.17) is 4.52 Å². The zero-order chi connectivity index (χ0) is 20.7. The maximum absolute atomic E-state index is 13.4. The lowest BCUT2D eigenvalue weighted by Gasteiger charge is -2.31. The molecule has 1 saturated heterocycles. The molecule has 2 aromatic carbocycles. The Labute approximate surface area is 173 Å². The molecule has 3 aromatic rings. The minimum absolute atomic E-state index is 0.0305. The number of piperidine rings is 1. The Morgan fingerprint density at radius 1 is 1.20 bits per heavy atom. The number of benzene rings is 2. The molecule has 7 heteroatoms. The first-order chi connectivity index (χ1) is 14.6. The average Bonchev–Trinajstić information content (AvgIpc) is 3.32. The van der Waals surface area contributed by atoms with Gasteiger partial charge < -0.3 is 14.7 Å². The summed E-state index contributed by atoms with van der Waals surface area (Å²) >= 11 is 0. The highest BCUT2D eigenvalue weighted by molar-refractivity contribution is 6.03. The molecule has 30 heavy (non-hydrogen) atoms. The molecule has 0 aliphatic carbocycles. The number of likely N-dealkylation sites (tertiary alicyclic amines) is 1. The van der Waals surface area contributed by atoms with E-state index >= 15 is 0 Å². The molecule has 1 aromatic heterocycles. The molecule has 0 spiro atoms. The van der Waals surface area contributed by atoms with Crippen LogP contribution < -0.4 is 5.32 Å². The summed E-state index contributed by atoms with van der Waals surface area (Å²) in [7, 11) is 0. The predicted octanol–water partition coefficient (Wildman–Crippen LogP) is 4.19. The Hall–Kier alpha value is -3.22. The van der Waals surface area contributed by atoms with Crippen molar-refractivity contribution in [2.45, 2.75) is 37.5 Å². The summed E-state index contributed by atoms with van der Waals surface area (Å²) in [5.74, 6) is -0.364. The van der Waals surface area contributed by atoms with Crippen molar-refractivity contribution >= 4 is 28.5 Å². The van der Waals surface area contributed by atoms with Crippen LogP contribution in [0.4, 0.5) is 10.1 Å². The SMILES string of the molecule is O=C1Nc2ccccc2C1CCC(=O)N1CCC(c2noc3cc(F)ccc23)CC1. The Bertz CT molecular complexity index is 1120. The number of fused-ring (bicyclic) bond motifs is 2. The Morgan fingerprint density at radius 3 is 2.83 bits per heavy atom. The van der Waals surface area contributed by atoms with E-state index in [1.165, 1.54) is 12.1 Å². The number of nitrogens with zero attached hydrogens (tertiary/aromatic N) is 2. The number of carbonyl (C=O) groups is 2. The van der Waals surface area contributed by atoms with E-state index in [0.717, 1.165) is 35.2 Å². The van der Waals surface area contributed by atoms with Crippen LogP contribution in [0.5, 0.6) is 0 Å². The Balaban J connectivity index is 1.19. The van der Waals surface area contributed by atoms with Gasteiger partial charge in [0.15, 0.2) is 5.58 Å². The van der Waals surface area contributed by atoms with E-state index < -0.39 is 0 Å². The van der Waals surface area contributed by atoms with Gasteiger partial charge in [0.2, 0.25) is 11.8 Å². The van der Waals surface area contributed by atoms with Gasteiger partial charge in [-0.3, -0.25) is 9.59 Å². The van der Waals surface area contributed by atoms with Crippen molar-refractivity contribution in [3.63, 3.8) is 0 Å². The zero-order valence-electron chi connectivity index (χ0n) is 16.4. The van der Waals surface area contributed by atoms with Crippen molar-refractivity contribution in [1.82, 2.24) is 10.1 Å². The summed E-state index contributed by atoms with van der Waals surface area (Å²) in [6, 6.07) is 12.1. The van der Waals surface area contributed by atoms with Crippen LogP contribution in [0.3, 0.4) is 0 Å². The van der Waals surface area contributed by atoms with E-state index in [0.29, 0.717) is 31.5 Å². The highest BCUT2D eigenvalue weighted by Gasteiger charge is 2.32. The zero-order valence-corrected chi connectivity index (χ0v) is 16.4.